The number of aliphatic imine (C=N–C) groups is 1. The number of nitrogens with zero attached hydrogens (tertiary/aromatic N) is 2. The molecule has 1 aliphatic rings. The molecule has 0 amide bonds. The number of methoxy groups -OCH3 is 2. The normalized spacial score (nSPS) is 15.9. The second kappa shape index (κ2) is 11.1. The lowest BCUT2D eigenvalue weighted by molar-refractivity contribution is 0.249. The molecule has 0 spiro atoms. The maximum absolute atomic E-state index is 5.39. The molecular formula is C22H32N4O2S. The van der Waals surface area contributed by atoms with Gasteiger partial charge in [-0.2, -0.15) is 0 Å². The van der Waals surface area contributed by atoms with E-state index in [4.69, 9.17) is 9.47 Å². The lowest BCUT2D eigenvalue weighted by atomic mass is 10.1. The Balaban J connectivity index is 1.51. The van der Waals surface area contributed by atoms with Crippen molar-refractivity contribution in [3.05, 3.63) is 46.2 Å². The molecule has 2 heterocycles. The SMILES string of the molecule is CN=C(NCCc1ccc(OC)c(OC)c1)NCC(c1cccs1)N1CCCC1. The number of hydrogen-bond donors (Lipinski definition) is 2. The maximum atomic E-state index is 5.39. The van der Waals surface area contributed by atoms with Crippen LogP contribution < -0.4 is 20.1 Å². The molecule has 7 heteroatoms. The highest BCUT2D eigenvalue weighted by molar-refractivity contribution is 7.10. The lowest BCUT2D eigenvalue weighted by Gasteiger charge is -2.27. The van der Waals surface area contributed by atoms with Gasteiger partial charge in [0, 0.05) is 25.0 Å². The third kappa shape index (κ3) is 5.87. The van der Waals surface area contributed by atoms with Crippen LogP contribution in [0.3, 0.4) is 0 Å². The van der Waals surface area contributed by atoms with Gasteiger partial charge in [0.05, 0.1) is 20.3 Å². The van der Waals surface area contributed by atoms with Crippen LogP contribution in [0.5, 0.6) is 11.5 Å². The fourth-order valence-electron chi connectivity index (χ4n) is 3.72. The smallest absolute Gasteiger partial charge is 0.191 e. The molecule has 0 bridgehead atoms. The molecule has 0 radical (unpaired) electrons. The number of guanidine groups is 1. The maximum Gasteiger partial charge on any atom is 0.191 e. The summed E-state index contributed by atoms with van der Waals surface area (Å²) in [6, 6.07) is 10.8. The van der Waals surface area contributed by atoms with E-state index >= 15 is 0 Å². The molecule has 1 aromatic heterocycles. The minimum Gasteiger partial charge on any atom is -0.493 e. The first-order valence-corrected chi connectivity index (χ1v) is 11.1. The van der Waals surface area contributed by atoms with Gasteiger partial charge in [-0.25, -0.2) is 0 Å². The highest BCUT2D eigenvalue weighted by Crippen LogP contribution is 2.28. The fourth-order valence-corrected chi connectivity index (χ4v) is 4.58. The van der Waals surface area contributed by atoms with Crippen molar-refractivity contribution < 1.29 is 9.47 Å². The Hall–Kier alpha value is -2.25. The van der Waals surface area contributed by atoms with Crippen LogP contribution in [0.1, 0.15) is 29.3 Å². The molecule has 6 nitrogen and oxygen atoms in total. The van der Waals surface area contributed by atoms with Crippen molar-refractivity contribution in [3.63, 3.8) is 0 Å². The Bertz CT molecular complexity index is 773. The molecule has 1 aliphatic heterocycles. The molecule has 0 aliphatic carbocycles. The second-order valence-electron chi connectivity index (χ2n) is 7.09. The summed E-state index contributed by atoms with van der Waals surface area (Å²) in [7, 11) is 5.14. The minimum atomic E-state index is 0.405. The van der Waals surface area contributed by atoms with E-state index in [9.17, 15) is 0 Å². The van der Waals surface area contributed by atoms with Crippen molar-refractivity contribution in [1.29, 1.82) is 0 Å². The van der Waals surface area contributed by atoms with Gasteiger partial charge in [-0.3, -0.25) is 9.89 Å². The molecular weight excluding hydrogens is 384 g/mol. The average Bonchev–Trinajstić information content (AvgIpc) is 3.47. The van der Waals surface area contributed by atoms with Gasteiger partial charge in [-0.05, 0) is 61.5 Å². The van der Waals surface area contributed by atoms with Crippen molar-refractivity contribution in [2.24, 2.45) is 4.99 Å². The number of thiophene rings is 1. The number of rotatable bonds is 9. The summed E-state index contributed by atoms with van der Waals surface area (Å²) in [5.74, 6) is 2.35. The van der Waals surface area contributed by atoms with E-state index in [0.29, 0.717) is 6.04 Å². The van der Waals surface area contributed by atoms with E-state index in [1.54, 1.807) is 14.2 Å². The van der Waals surface area contributed by atoms with Crippen molar-refractivity contribution >= 4 is 17.3 Å². The third-order valence-electron chi connectivity index (χ3n) is 5.29. The van der Waals surface area contributed by atoms with Gasteiger partial charge in [0.2, 0.25) is 0 Å². The zero-order valence-electron chi connectivity index (χ0n) is 17.6. The zero-order chi connectivity index (χ0) is 20.5. The van der Waals surface area contributed by atoms with Gasteiger partial charge in [-0.15, -0.1) is 11.3 Å². The Morgan fingerprint density at radius 2 is 1.93 bits per heavy atom. The molecule has 29 heavy (non-hydrogen) atoms. The Labute approximate surface area is 177 Å². The van der Waals surface area contributed by atoms with E-state index in [0.717, 1.165) is 37.0 Å². The molecule has 1 fully saturated rings. The van der Waals surface area contributed by atoms with Crippen LogP contribution in [0.4, 0.5) is 0 Å². The first-order valence-electron chi connectivity index (χ1n) is 10.2. The van der Waals surface area contributed by atoms with E-state index in [-0.39, 0.29) is 0 Å². The predicted molar refractivity (Wildman–Crippen MR) is 120 cm³/mol. The van der Waals surface area contributed by atoms with Crippen LogP contribution in [0, 0.1) is 0 Å². The summed E-state index contributed by atoms with van der Waals surface area (Å²) in [6.45, 7) is 4.00. The molecule has 3 rings (SSSR count). The Morgan fingerprint density at radius 3 is 2.59 bits per heavy atom. The first-order chi connectivity index (χ1) is 14.2. The minimum absolute atomic E-state index is 0.405. The van der Waals surface area contributed by atoms with Crippen molar-refractivity contribution in [1.82, 2.24) is 15.5 Å². The quantitative estimate of drug-likeness (QED) is 0.485. The van der Waals surface area contributed by atoms with Gasteiger partial charge in [0.1, 0.15) is 0 Å². The van der Waals surface area contributed by atoms with Crippen LogP contribution in [0.25, 0.3) is 0 Å². The largest absolute Gasteiger partial charge is 0.493 e. The molecule has 1 aromatic carbocycles. The number of likely N-dealkylation sites (tertiary alicyclic amines) is 1. The summed E-state index contributed by atoms with van der Waals surface area (Å²) < 4.78 is 10.7. The van der Waals surface area contributed by atoms with Crippen molar-refractivity contribution in [2.75, 3.05) is 47.4 Å². The topological polar surface area (TPSA) is 58.1 Å². The van der Waals surface area contributed by atoms with Gasteiger partial charge >= 0.3 is 0 Å². The molecule has 2 N–H and O–H groups in total. The average molecular weight is 417 g/mol. The molecule has 1 unspecified atom stereocenters. The number of nitrogens with one attached hydrogen (secondary N) is 2. The summed E-state index contributed by atoms with van der Waals surface area (Å²) in [6.07, 6.45) is 3.46. The Morgan fingerprint density at radius 1 is 1.14 bits per heavy atom. The van der Waals surface area contributed by atoms with Gasteiger partial charge < -0.3 is 20.1 Å². The van der Waals surface area contributed by atoms with Crippen LogP contribution in [-0.2, 0) is 6.42 Å². The molecule has 0 saturated carbocycles. The standard InChI is InChI=1S/C22H32N4O2S/c1-23-22(24-11-10-17-8-9-19(27-2)20(15-17)28-3)25-16-18(21-7-6-14-29-21)26-12-4-5-13-26/h6-9,14-15,18H,4-5,10-13,16H2,1-3H3,(H2,23,24,25). The zero-order valence-corrected chi connectivity index (χ0v) is 18.4. The molecule has 1 saturated heterocycles. The van der Waals surface area contributed by atoms with Crippen LogP contribution in [0.15, 0.2) is 40.7 Å². The summed E-state index contributed by atoms with van der Waals surface area (Å²) in [5, 5.41) is 9.11. The predicted octanol–water partition coefficient (Wildman–Crippen LogP) is 3.31. The number of ether oxygens (including phenoxy) is 2. The van der Waals surface area contributed by atoms with Crippen molar-refractivity contribution in [2.45, 2.75) is 25.3 Å². The molecule has 2 aromatic rings. The van der Waals surface area contributed by atoms with Crippen LogP contribution in [-0.4, -0.2) is 58.3 Å². The molecule has 1 atom stereocenters. The van der Waals surface area contributed by atoms with Gasteiger partial charge in [-0.1, -0.05) is 12.1 Å². The first kappa shape index (κ1) is 21.5. The Kier molecular flexibility index (Phi) is 8.19. The van der Waals surface area contributed by atoms with Gasteiger partial charge in [0.15, 0.2) is 17.5 Å². The van der Waals surface area contributed by atoms with E-state index in [1.165, 1.54) is 36.4 Å². The summed E-state index contributed by atoms with van der Waals surface area (Å²) in [4.78, 5) is 8.39. The summed E-state index contributed by atoms with van der Waals surface area (Å²) >= 11 is 1.83. The highest BCUT2D eigenvalue weighted by atomic mass is 32.1. The number of hydrogen-bond acceptors (Lipinski definition) is 5. The van der Waals surface area contributed by atoms with Crippen molar-refractivity contribution in [3.8, 4) is 11.5 Å². The van der Waals surface area contributed by atoms with E-state index < -0.39 is 0 Å². The lowest BCUT2D eigenvalue weighted by Crippen LogP contribution is -2.43. The van der Waals surface area contributed by atoms with E-state index in [2.05, 4.69) is 44.1 Å². The highest BCUT2D eigenvalue weighted by Gasteiger charge is 2.24. The van der Waals surface area contributed by atoms with Crippen LogP contribution in [0.2, 0.25) is 0 Å². The monoisotopic (exact) mass is 416 g/mol. The number of benzene rings is 1. The second-order valence-corrected chi connectivity index (χ2v) is 8.07. The molecule has 158 valence electrons. The van der Waals surface area contributed by atoms with Gasteiger partial charge in [0.25, 0.3) is 0 Å². The summed E-state index contributed by atoms with van der Waals surface area (Å²) in [5.41, 5.74) is 1.19. The van der Waals surface area contributed by atoms with E-state index in [1.807, 2.05) is 30.5 Å². The van der Waals surface area contributed by atoms with Crippen LogP contribution >= 0.6 is 11.3 Å². The fraction of sp³-hybridized carbons (Fsp3) is 0.500. The third-order valence-corrected chi connectivity index (χ3v) is 6.27.